The molecular formula is C26H24N4O. The molecule has 0 saturated carbocycles. The number of imidazole rings is 1. The Kier molecular flexibility index (Phi) is 5.25. The van der Waals surface area contributed by atoms with Crippen LogP contribution in [-0.2, 0) is 0 Å². The molecule has 1 atom stereocenters. The molecule has 3 heterocycles. The summed E-state index contributed by atoms with van der Waals surface area (Å²) in [5.74, 6) is 0.323. The summed E-state index contributed by atoms with van der Waals surface area (Å²) < 4.78 is 2.08. The predicted octanol–water partition coefficient (Wildman–Crippen LogP) is 4.57. The molecule has 0 radical (unpaired) electrons. The summed E-state index contributed by atoms with van der Waals surface area (Å²) in [5.41, 5.74) is 6.69. The van der Waals surface area contributed by atoms with Crippen molar-refractivity contribution in [1.82, 2.24) is 14.7 Å². The number of nitrogens with one attached hydrogen (secondary N) is 1. The van der Waals surface area contributed by atoms with Crippen molar-refractivity contribution in [2.75, 3.05) is 13.1 Å². The number of hydrogen-bond acceptors (Lipinski definition) is 4. The van der Waals surface area contributed by atoms with Crippen molar-refractivity contribution in [3.8, 4) is 28.5 Å². The fraction of sp³-hybridized carbons (Fsp3) is 0.231. The molecule has 2 aromatic heterocycles. The van der Waals surface area contributed by atoms with E-state index in [1.165, 1.54) is 0 Å². The number of nitriles is 1. The smallest absolute Gasteiger partial charge is 0.137 e. The first-order chi connectivity index (χ1) is 15.2. The van der Waals surface area contributed by atoms with Crippen LogP contribution in [0.2, 0.25) is 0 Å². The van der Waals surface area contributed by atoms with Crippen molar-refractivity contribution in [2.45, 2.75) is 18.9 Å². The number of aliphatic hydroxyl groups excluding tert-OH is 1. The Hall–Kier alpha value is -3.46. The lowest BCUT2D eigenvalue weighted by Crippen LogP contribution is -2.30. The van der Waals surface area contributed by atoms with Gasteiger partial charge in [0.1, 0.15) is 5.65 Å². The number of pyridine rings is 1. The molecule has 0 spiro atoms. The quantitative estimate of drug-likeness (QED) is 0.519. The van der Waals surface area contributed by atoms with Crippen LogP contribution in [0.25, 0.3) is 28.0 Å². The number of aliphatic hydroxyl groups is 1. The number of piperidine rings is 1. The van der Waals surface area contributed by atoms with Gasteiger partial charge in [-0.1, -0.05) is 36.4 Å². The first-order valence-corrected chi connectivity index (χ1v) is 10.7. The van der Waals surface area contributed by atoms with Crippen LogP contribution < -0.4 is 5.32 Å². The van der Waals surface area contributed by atoms with Gasteiger partial charge in [-0.3, -0.25) is 4.40 Å². The van der Waals surface area contributed by atoms with E-state index in [0.29, 0.717) is 11.5 Å². The molecule has 5 rings (SSSR count). The molecule has 0 aliphatic carbocycles. The van der Waals surface area contributed by atoms with Crippen molar-refractivity contribution in [2.24, 2.45) is 5.92 Å². The molecular weight excluding hydrogens is 384 g/mol. The standard InChI is InChI=1S/C26H24N4O/c27-15-18-1-3-20(4-2-18)24-16-29-25-10-9-23(17-30(24)25)19-5-7-21(8-6-19)26(31)22-11-13-28-14-12-22/h1-10,16-17,22,26,28,31H,11-14H2/t26-/m0/s1. The van der Waals surface area contributed by atoms with Gasteiger partial charge in [0.05, 0.1) is 29.6 Å². The van der Waals surface area contributed by atoms with E-state index in [2.05, 4.69) is 45.2 Å². The van der Waals surface area contributed by atoms with E-state index in [1.54, 1.807) is 0 Å². The van der Waals surface area contributed by atoms with Gasteiger partial charge in [-0.15, -0.1) is 0 Å². The predicted molar refractivity (Wildman–Crippen MR) is 121 cm³/mol. The number of hydrogen-bond donors (Lipinski definition) is 2. The molecule has 154 valence electrons. The van der Waals surface area contributed by atoms with Crippen molar-refractivity contribution >= 4 is 5.65 Å². The zero-order valence-electron chi connectivity index (χ0n) is 17.2. The maximum atomic E-state index is 10.8. The first-order valence-electron chi connectivity index (χ1n) is 10.7. The van der Waals surface area contributed by atoms with Gasteiger partial charge in [0.2, 0.25) is 0 Å². The Bertz CT molecular complexity index is 1230. The summed E-state index contributed by atoms with van der Waals surface area (Å²) in [6.45, 7) is 1.96. The normalized spacial score (nSPS) is 15.6. The molecule has 1 fully saturated rings. The number of aromatic nitrogens is 2. The van der Waals surface area contributed by atoms with Crippen molar-refractivity contribution in [3.05, 3.63) is 84.2 Å². The second-order valence-electron chi connectivity index (χ2n) is 8.13. The zero-order valence-corrected chi connectivity index (χ0v) is 17.2. The fourth-order valence-corrected chi connectivity index (χ4v) is 4.39. The van der Waals surface area contributed by atoms with Crippen LogP contribution in [0.4, 0.5) is 0 Å². The molecule has 1 saturated heterocycles. The Labute approximate surface area is 181 Å². The van der Waals surface area contributed by atoms with Crippen LogP contribution in [0.1, 0.15) is 30.1 Å². The van der Waals surface area contributed by atoms with Crippen molar-refractivity contribution in [3.63, 3.8) is 0 Å². The molecule has 0 unspecified atom stereocenters. The van der Waals surface area contributed by atoms with E-state index in [9.17, 15) is 5.11 Å². The van der Waals surface area contributed by atoms with Gasteiger partial charge in [-0.2, -0.15) is 5.26 Å². The minimum absolute atomic E-state index is 0.323. The van der Waals surface area contributed by atoms with E-state index in [4.69, 9.17) is 5.26 Å². The van der Waals surface area contributed by atoms with Crippen molar-refractivity contribution < 1.29 is 5.11 Å². The topological polar surface area (TPSA) is 73.3 Å². The maximum absolute atomic E-state index is 10.8. The zero-order chi connectivity index (χ0) is 21.2. The van der Waals surface area contributed by atoms with Crippen LogP contribution in [-0.4, -0.2) is 27.6 Å². The highest BCUT2D eigenvalue weighted by atomic mass is 16.3. The molecule has 0 amide bonds. The van der Waals surface area contributed by atoms with E-state index in [0.717, 1.165) is 59.5 Å². The second-order valence-corrected chi connectivity index (χ2v) is 8.13. The summed E-state index contributed by atoms with van der Waals surface area (Å²) in [7, 11) is 0. The lowest BCUT2D eigenvalue weighted by molar-refractivity contribution is 0.0889. The molecule has 1 aliphatic heterocycles. The van der Waals surface area contributed by atoms with Crippen molar-refractivity contribution in [1.29, 1.82) is 5.26 Å². The lowest BCUT2D eigenvalue weighted by Gasteiger charge is -2.27. The minimum atomic E-state index is -0.407. The van der Waals surface area contributed by atoms with Gasteiger partial charge in [0.25, 0.3) is 0 Å². The first kappa shape index (κ1) is 19.5. The van der Waals surface area contributed by atoms with E-state index in [-0.39, 0.29) is 0 Å². The summed E-state index contributed by atoms with van der Waals surface area (Å²) >= 11 is 0. The van der Waals surface area contributed by atoms with Gasteiger partial charge in [0.15, 0.2) is 0 Å². The molecule has 5 heteroatoms. The summed E-state index contributed by atoms with van der Waals surface area (Å²) in [6, 6.07) is 22.0. The van der Waals surface area contributed by atoms with Gasteiger partial charge in [0, 0.05) is 11.8 Å². The molecule has 31 heavy (non-hydrogen) atoms. The number of rotatable bonds is 4. The van der Waals surface area contributed by atoms with Crippen LogP contribution in [0.15, 0.2) is 73.1 Å². The molecule has 4 aromatic rings. The molecule has 2 aromatic carbocycles. The van der Waals surface area contributed by atoms with E-state index in [1.807, 2.05) is 48.7 Å². The highest BCUT2D eigenvalue weighted by Gasteiger charge is 2.22. The van der Waals surface area contributed by atoms with Gasteiger partial charge < -0.3 is 10.4 Å². The lowest BCUT2D eigenvalue weighted by atomic mass is 9.87. The molecule has 5 nitrogen and oxygen atoms in total. The summed E-state index contributed by atoms with van der Waals surface area (Å²) in [5, 5.41) is 23.1. The Morgan fingerprint density at radius 3 is 2.32 bits per heavy atom. The Morgan fingerprint density at radius 2 is 1.61 bits per heavy atom. The van der Waals surface area contributed by atoms with E-state index >= 15 is 0 Å². The Morgan fingerprint density at radius 1 is 0.935 bits per heavy atom. The number of nitrogens with zero attached hydrogens (tertiary/aromatic N) is 3. The third-order valence-electron chi connectivity index (χ3n) is 6.23. The maximum Gasteiger partial charge on any atom is 0.137 e. The van der Waals surface area contributed by atoms with Crippen LogP contribution in [0.5, 0.6) is 0 Å². The summed E-state index contributed by atoms with van der Waals surface area (Å²) in [4.78, 5) is 4.52. The number of fused-ring (bicyclic) bond motifs is 1. The summed E-state index contributed by atoms with van der Waals surface area (Å²) in [6.07, 6.45) is 5.57. The molecule has 0 bridgehead atoms. The highest BCUT2D eigenvalue weighted by molar-refractivity contribution is 5.69. The van der Waals surface area contributed by atoms with Gasteiger partial charge >= 0.3 is 0 Å². The van der Waals surface area contributed by atoms with Gasteiger partial charge in [-0.25, -0.2) is 4.98 Å². The third kappa shape index (κ3) is 3.84. The fourth-order valence-electron chi connectivity index (χ4n) is 4.39. The number of benzene rings is 2. The third-order valence-corrected chi connectivity index (χ3v) is 6.23. The van der Waals surface area contributed by atoms with E-state index < -0.39 is 6.10 Å². The molecule has 1 aliphatic rings. The SMILES string of the molecule is N#Cc1ccc(-c2cnc3ccc(-c4ccc([C@H](O)C5CCNCC5)cc4)cn23)cc1. The molecule has 2 N–H and O–H groups in total. The average Bonchev–Trinajstić information content (AvgIpc) is 3.27. The van der Waals surface area contributed by atoms with Crippen LogP contribution in [0.3, 0.4) is 0 Å². The second kappa shape index (κ2) is 8.35. The van der Waals surface area contributed by atoms with Crippen LogP contribution >= 0.6 is 0 Å². The monoisotopic (exact) mass is 408 g/mol. The van der Waals surface area contributed by atoms with Crippen LogP contribution in [0, 0.1) is 17.2 Å². The average molecular weight is 409 g/mol. The van der Waals surface area contributed by atoms with Gasteiger partial charge in [-0.05, 0) is 72.8 Å². The Balaban J connectivity index is 1.44. The largest absolute Gasteiger partial charge is 0.388 e. The highest BCUT2D eigenvalue weighted by Crippen LogP contribution is 2.31. The minimum Gasteiger partial charge on any atom is -0.388 e.